The van der Waals surface area contributed by atoms with Crippen molar-refractivity contribution >= 4 is 0 Å². The van der Waals surface area contributed by atoms with Crippen LogP contribution in [-0.4, -0.2) is 23.0 Å². The van der Waals surface area contributed by atoms with E-state index < -0.39 is 0 Å². The van der Waals surface area contributed by atoms with Gasteiger partial charge >= 0.3 is 0 Å². The van der Waals surface area contributed by atoms with Crippen LogP contribution < -0.4 is 0 Å². The Morgan fingerprint density at radius 2 is 2.21 bits per heavy atom. The van der Waals surface area contributed by atoms with E-state index in [0.29, 0.717) is 18.0 Å². The van der Waals surface area contributed by atoms with E-state index in [1.165, 1.54) is 11.3 Å². The lowest BCUT2D eigenvalue weighted by Crippen LogP contribution is -2.41. The van der Waals surface area contributed by atoms with Crippen LogP contribution in [0, 0.1) is 5.92 Å². The molecule has 14 heavy (non-hydrogen) atoms. The van der Waals surface area contributed by atoms with Gasteiger partial charge in [-0.3, -0.25) is 4.90 Å². The zero-order chi connectivity index (χ0) is 10.3. The van der Waals surface area contributed by atoms with Gasteiger partial charge in [-0.2, -0.15) is 0 Å². The van der Waals surface area contributed by atoms with Crippen molar-refractivity contribution in [2.45, 2.75) is 39.3 Å². The molecule has 1 aliphatic rings. The quantitative estimate of drug-likeness (QED) is 0.724. The summed E-state index contributed by atoms with van der Waals surface area (Å²) in [6.45, 7) is 6.91. The second-order valence-electron chi connectivity index (χ2n) is 4.82. The smallest absolute Gasteiger partial charge is 0.0388 e. The summed E-state index contributed by atoms with van der Waals surface area (Å²) in [5.74, 6) is 0.678. The highest BCUT2D eigenvalue weighted by Crippen LogP contribution is 2.35. The van der Waals surface area contributed by atoms with Crippen LogP contribution in [0.4, 0.5) is 0 Å². The fourth-order valence-corrected chi connectivity index (χ4v) is 2.63. The van der Waals surface area contributed by atoms with E-state index >= 15 is 0 Å². The number of H-pyrrole nitrogens is 1. The molecule has 0 fully saturated rings. The van der Waals surface area contributed by atoms with Gasteiger partial charge in [-0.15, -0.1) is 0 Å². The maximum Gasteiger partial charge on any atom is 0.0388 e. The second-order valence-corrected chi connectivity index (χ2v) is 4.82. The van der Waals surface area contributed by atoms with Crippen LogP contribution in [0.2, 0.25) is 0 Å². The van der Waals surface area contributed by atoms with Crippen molar-refractivity contribution in [1.82, 2.24) is 9.88 Å². The standard InChI is InChI=1S/C12H20N2/c1-8(2)12-10-5-6-13-11(10)7-9(3)14(12)4/h5-6,8-9,12-13H,7H2,1-4H3/t9-,12-/m1/s1. The average molecular weight is 192 g/mol. The van der Waals surface area contributed by atoms with Crippen molar-refractivity contribution in [1.29, 1.82) is 0 Å². The molecule has 1 aromatic rings. The van der Waals surface area contributed by atoms with Gasteiger partial charge in [0, 0.05) is 30.4 Å². The summed E-state index contributed by atoms with van der Waals surface area (Å²) >= 11 is 0. The zero-order valence-corrected chi connectivity index (χ0v) is 9.54. The molecule has 2 heterocycles. The minimum atomic E-state index is 0.583. The third-order valence-electron chi connectivity index (χ3n) is 3.45. The van der Waals surface area contributed by atoms with Crippen LogP contribution in [0.5, 0.6) is 0 Å². The third-order valence-corrected chi connectivity index (χ3v) is 3.45. The van der Waals surface area contributed by atoms with Crippen LogP contribution in [0.1, 0.15) is 38.1 Å². The van der Waals surface area contributed by atoms with E-state index in [2.05, 4.69) is 50.0 Å². The van der Waals surface area contributed by atoms with Gasteiger partial charge in [0.2, 0.25) is 0 Å². The lowest BCUT2D eigenvalue weighted by Gasteiger charge is -2.40. The number of hydrogen-bond acceptors (Lipinski definition) is 1. The Kier molecular flexibility index (Phi) is 2.40. The number of aromatic amines is 1. The minimum absolute atomic E-state index is 0.583. The summed E-state index contributed by atoms with van der Waals surface area (Å²) in [5, 5.41) is 0. The molecule has 2 nitrogen and oxygen atoms in total. The molecular weight excluding hydrogens is 172 g/mol. The molecule has 0 saturated heterocycles. The van der Waals surface area contributed by atoms with Gasteiger partial charge in [-0.05, 0) is 31.5 Å². The molecule has 0 saturated carbocycles. The van der Waals surface area contributed by atoms with Gasteiger partial charge < -0.3 is 4.98 Å². The fourth-order valence-electron chi connectivity index (χ4n) is 2.63. The summed E-state index contributed by atoms with van der Waals surface area (Å²) < 4.78 is 0. The van der Waals surface area contributed by atoms with Gasteiger partial charge in [-0.25, -0.2) is 0 Å². The Hall–Kier alpha value is -0.760. The number of nitrogens with one attached hydrogen (secondary N) is 1. The van der Waals surface area contributed by atoms with Gasteiger partial charge in [0.25, 0.3) is 0 Å². The average Bonchev–Trinajstić information content (AvgIpc) is 2.52. The topological polar surface area (TPSA) is 19.0 Å². The molecule has 0 amide bonds. The number of rotatable bonds is 1. The number of aromatic nitrogens is 1. The SMILES string of the molecule is CC(C)[C@@H]1c2cc[nH]c2C[C@@H](C)N1C. The number of likely N-dealkylation sites (N-methyl/N-ethyl adjacent to an activating group) is 1. The predicted octanol–water partition coefficient (Wildman–Crippen LogP) is 2.59. The molecule has 0 radical (unpaired) electrons. The molecule has 0 aromatic carbocycles. The van der Waals surface area contributed by atoms with Crippen LogP contribution >= 0.6 is 0 Å². The van der Waals surface area contributed by atoms with Crippen molar-refractivity contribution in [2.75, 3.05) is 7.05 Å². The normalized spacial score (nSPS) is 28.1. The molecular formula is C12H20N2. The molecule has 0 bridgehead atoms. The molecule has 0 aliphatic carbocycles. The highest BCUT2D eigenvalue weighted by atomic mass is 15.2. The van der Waals surface area contributed by atoms with E-state index in [4.69, 9.17) is 0 Å². The van der Waals surface area contributed by atoms with Crippen molar-refractivity contribution in [2.24, 2.45) is 5.92 Å². The number of hydrogen-bond donors (Lipinski definition) is 1. The monoisotopic (exact) mass is 192 g/mol. The van der Waals surface area contributed by atoms with Gasteiger partial charge in [0.15, 0.2) is 0 Å². The Balaban J connectivity index is 2.40. The number of fused-ring (bicyclic) bond motifs is 1. The lowest BCUT2D eigenvalue weighted by atomic mass is 9.88. The molecule has 1 N–H and O–H groups in total. The molecule has 78 valence electrons. The van der Waals surface area contributed by atoms with Gasteiger partial charge in [0.05, 0.1) is 0 Å². The molecule has 1 aromatic heterocycles. The zero-order valence-electron chi connectivity index (χ0n) is 9.54. The Bertz CT molecular complexity index is 314. The maximum atomic E-state index is 3.37. The molecule has 0 unspecified atom stereocenters. The van der Waals surface area contributed by atoms with E-state index in [0.717, 1.165) is 6.42 Å². The van der Waals surface area contributed by atoms with E-state index in [1.807, 2.05) is 0 Å². The third kappa shape index (κ3) is 1.38. The van der Waals surface area contributed by atoms with E-state index in [1.54, 1.807) is 0 Å². The van der Waals surface area contributed by atoms with Crippen molar-refractivity contribution < 1.29 is 0 Å². The minimum Gasteiger partial charge on any atom is -0.365 e. The highest BCUT2D eigenvalue weighted by Gasteiger charge is 2.31. The molecule has 2 heteroatoms. The van der Waals surface area contributed by atoms with E-state index in [9.17, 15) is 0 Å². The molecule has 1 aliphatic heterocycles. The molecule has 2 rings (SSSR count). The Morgan fingerprint density at radius 1 is 1.50 bits per heavy atom. The first-order valence-electron chi connectivity index (χ1n) is 5.49. The van der Waals surface area contributed by atoms with Crippen molar-refractivity contribution in [3.8, 4) is 0 Å². The second kappa shape index (κ2) is 3.43. The van der Waals surface area contributed by atoms with Crippen molar-refractivity contribution in [3.05, 3.63) is 23.5 Å². The summed E-state index contributed by atoms with van der Waals surface area (Å²) in [6, 6.07) is 3.47. The molecule has 0 spiro atoms. The largest absolute Gasteiger partial charge is 0.365 e. The van der Waals surface area contributed by atoms with Gasteiger partial charge in [-0.1, -0.05) is 13.8 Å². The van der Waals surface area contributed by atoms with Crippen molar-refractivity contribution in [3.63, 3.8) is 0 Å². The Morgan fingerprint density at radius 3 is 2.86 bits per heavy atom. The van der Waals surface area contributed by atoms with Crippen LogP contribution in [0.3, 0.4) is 0 Å². The first kappa shape index (κ1) is 9.78. The Labute approximate surface area is 86.3 Å². The van der Waals surface area contributed by atoms with Gasteiger partial charge in [0.1, 0.15) is 0 Å². The fraction of sp³-hybridized carbons (Fsp3) is 0.667. The highest BCUT2D eigenvalue weighted by molar-refractivity contribution is 5.28. The summed E-state index contributed by atoms with van der Waals surface area (Å²) in [7, 11) is 2.24. The lowest BCUT2D eigenvalue weighted by molar-refractivity contribution is 0.128. The number of nitrogens with zero attached hydrogens (tertiary/aromatic N) is 1. The van der Waals surface area contributed by atoms with E-state index in [-0.39, 0.29) is 0 Å². The van der Waals surface area contributed by atoms with Crippen LogP contribution in [0.25, 0.3) is 0 Å². The summed E-state index contributed by atoms with van der Waals surface area (Å²) in [4.78, 5) is 5.87. The predicted molar refractivity (Wildman–Crippen MR) is 59.3 cm³/mol. The first-order chi connectivity index (χ1) is 6.61. The van der Waals surface area contributed by atoms with Crippen LogP contribution in [-0.2, 0) is 6.42 Å². The van der Waals surface area contributed by atoms with Crippen LogP contribution in [0.15, 0.2) is 12.3 Å². The summed E-state index contributed by atoms with van der Waals surface area (Å²) in [5.41, 5.74) is 2.94. The first-order valence-corrected chi connectivity index (χ1v) is 5.49. The summed E-state index contributed by atoms with van der Waals surface area (Å²) in [6.07, 6.45) is 3.23. The maximum absolute atomic E-state index is 3.37. The molecule has 2 atom stereocenters.